The smallest absolute Gasteiger partial charge is 0.137 e. The van der Waals surface area contributed by atoms with Gasteiger partial charge in [0.25, 0.3) is 0 Å². The molecule has 3 aromatic rings. The van der Waals surface area contributed by atoms with Crippen molar-refractivity contribution in [3.05, 3.63) is 53.5 Å². The van der Waals surface area contributed by atoms with Crippen molar-refractivity contribution in [3.8, 4) is 11.3 Å². The molecule has 0 unspecified atom stereocenters. The third-order valence-electron chi connectivity index (χ3n) is 2.45. The van der Waals surface area contributed by atoms with Crippen LogP contribution in [0.4, 0.5) is 0 Å². The first-order chi connectivity index (χ1) is 7.84. The number of halogens is 1. The van der Waals surface area contributed by atoms with Crippen LogP contribution in [0.5, 0.6) is 0 Å². The van der Waals surface area contributed by atoms with Gasteiger partial charge in [0.1, 0.15) is 5.65 Å². The number of hydrogen-bond acceptors (Lipinski definition) is 2. The van der Waals surface area contributed by atoms with E-state index in [1.54, 1.807) is 12.4 Å². The van der Waals surface area contributed by atoms with Gasteiger partial charge in [-0.25, -0.2) is 4.98 Å². The van der Waals surface area contributed by atoms with Gasteiger partial charge in [-0.2, -0.15) is 0 Å². The molecule has 0 aliphatic heterocycles. The van der Waals surface area contributed by atoms with Crippen molar-refractivity contribution in [2.75, 3.05) is 0 Å². The van der Waals surface area contributed by atoms with Crippen molar-refractivity contribution in [3.63, 3.8) is 0 Å². The van der Waals surface area contributed by atoms with Crippen LogP contribution < -0.4 is 0 Å². The molecule has 0 amide bonds. The number of hydrogen-bond donors (Lipinski definition) is 0. The lowest BCUT2D eigenvalue weighted by Gasteiger charge is -2.01. The largest absolute Gasteiger partial charge is 0.299 e. The molecule has 4 heteroatoms. The van der Waals surface area contributed by atoms with Crippen LogP contribution in [0, 0.1) is 0 Å². The predicted octanol–water partition coefficient (Wildman–Crippen LogP) is 3.16. The second-order valence-electron chi connectivity index (χ2n) is 3.45. The molecule has 0 saturated carbocycles. The zero-order valence-electron chi connectivity index (χ0n) is 8.34. The van der Waals surface area contributed by atoms with Crippen LogP contribution in [0.1, 0.15) is 0 Å². The lowest BCUT2D eigenvalue weighted by atomic mass is 10.2. The summed E-state index contributed by atoms with van der Waals surface area (Å²) in [4.78, 5) is 8.37. The molecule has 3 rings (SSSR count). The van der Waals surface area contributed by atoms with E-state index in [1.807, 2.05) is 36.7 Å². The Balaban J connectivity index is 2.29. The van der Waals surface area contributed by atoms with E-state index in [0.717, 1.165) is 21.4 Å². The summed E-state index contributed by atoms with van der Waals surface area (Å²) in [5.41, 5.74) is 3.12. The number of fused-ring (bicyclic) bond motifs is 1. The van der Waals surface area contributed by atoms with Gasteiger partial charge in [0.2, 0.25) is 0 Å². The molecule has 0 radical (unpaired) electrons. The van der Waals surface area contributed by atoms with Gasteiger partial charge in [-0.3, -0.25) is 9.38 Å². The molecule has 0 aliphatic carbocycles. The number of pyridine rings is 2. The Bertz CT molecular complexity index is 631. The summed E-state index contributed by atoms with van der Waals surface area (Å²) in [5, 5.41) is 0. The fraction of sp³-hybridized carbons (Fsp3) is 0. The van der Waals surface area contributed by atoms with E-state index >= 15 is 0 Å². The standard InChI is InChI=1S/C12H8BrN3/c13-10-1-2-12-15-7-11(16(12)8-10)9-3-5-14-6-4-9/h1-8H. The normalized spacial score (nSPS) is 10.8. The molecule has 0 aliphatic rings. The highest BCUT2D eigenvalue weighted by Gasteiger charge is 2.05. The van der Waals surface area contributed by atoms with Crippen molar-refractivity contribution in [1.82, 2.24) is 14.4 Å². The topological polar surface area (TPSA) is 30.2 Å². The van der Waals surface area contributed by atoms with Gasteiger partial charge in [0.05, 0.1) is 11.9 Å². The van der Waals surface area contributed by atoms with Gasteiger partial charge in [-0.15, -0.1) is 0 Å². The molecule has 0 N–H and O–H groups in total. The van der Waals surface area contributed by atoms with E-state index in [9.17, 15) is 0 Å². The molecule has 3 aromatic heterocycles. The minimum Gasteiger partial charge on any atom is -0.299 e. The summed E-state index contributed by atoms with van der Waals surface area (Å²) in [6, 6.07) is 7.92. The fourth-order valence-corrected chi connectivity index (χ4v) is 2.03. The van der Waals surface area contributed by atoms with Crippen LogP contribution in [-0.4, -0.2) is 14.4 Å². The highest BCUT2D eigenvalue weighted by molar-refractivity contribution is 9.10. The quantitative estimate of drug-likeness (QED) is 0.682. The summed E-state index contributed by atoms with van der Waals surface area (Å²) in [5.74, 6) is 0. The molecular formula is C12H8BrN3. The average molecular weight is 274 g/mol. The van der Waals surface area contributed by atoms with Crippen LogP contribution in [-0.2, 0) is 0 Å². The SMILES string of the molecule is Brc1ccc2ncc(-c3ccncc3)n2c1. The second kappa shape index (κ2) is 3.72. The Morgan fingerprint density at radius 3 is 2.69 bits per heavy atom. The predicted molar refractivity (Wildman–Crippen MR) is 66.1 cm³/mol. The molecule has 0 fully saturated rings. The lowest BCUT2D eigenvalue weighted by molar-refractivity contribution is 1.17. The van der Waals surface area contributed by atoms with Crippen LogP contribution >= 0.6 is 15.9 Å². The molecule has 0 saturated heterocycles. The number of rotatable bonds is 1. The molecular weight excluding hydrogens is 266 g/mol. The van der Waals surface area contributed by atoms with Crippen molar-refractivity contribution < 1.29 is 0 Å². The summed E-state index contributed by atoms with van der Waals surface area (Å²) in [7, 11) is 0. The second-order valence-corrected chi connectivity index (χ2v) is 4.37. The highest BCUT2D eigenvalue weighted by atomic mass is 79.9. The van der Waals surface area contributed by atoms with Crippen LogP contribution in [0.25, 0.3) is 16.9 Å². The van der Waals surface area contributed by atoms with E-state index in [1.165, 1.54) is 0 Å². The van der Waals surface area contributed by atoms with Gasteiger partial charge in [-0.1, -0.05) is 0 Å². The lowest BCUT2D eigenvalue weighted by Crippen LogP contribution is -1.87. The monoisotopic (exact) mass is 273 g/mol. The van der Waals surface area contributed by atoms with Crippen molar-refractivity contribution in [1.29, 1.82) is 0 Å². The Hall–Kier alpha value is -1.68. The maximum absolute atomic E-state index is 4.36. The van der Waals surface area contributed by atoms with E-state index in [2.05, 4.69) is 30.3 Å². The Morgan fingerprint density at radius 1 is 1.06 bits per heavy atom. The number of aromatic nitrogens is 3. The van der Waals surface area contributed by atoms with E-state index in [-0.39, 0.29) is 0 Å². The van der Waals surface area contributed by atoms with Crippen LogP contribution in [0.3, 0.4) is 0 Å². The highest BCUT2D eigenvalue weighted by Crippen LogP contribution is 2.21. The van der Waals surface area contributed by atoms with E-state index in [0.29, 0.717) is 0 Å². The molecule has 78 valence electrons. The van der Waals surface area contributed by atoms with Gasteiger partial charge in [0, 0.05) is 28.6 Å². The Labute approximate surface area is 101 Å². The Kier molecular flexibility index (Phi) is 2.22. The maximum Gasteiger partial charge on any atom is 0.137 e. The third kappa shape index (κ3) is 1.51. The number of imidazole rings is 1. The van der Waals surface area contributed by atoms with Gasteiger partial charge >= 0.3 is 0 Å². The summed E-state index contributed by atoms with van der Waals surface area (Å²) in [6.45, 7) is 0. The molecule has 3 heterocycles. The van der Waals surface area contributed by atoms with Gasteiger partial charge in [0.15, 0.2) is 0 Å². The minimum absolute atomic E-state index is 0.940. The van der Waals surface area contributed by atoms with Crippen molar-refractivity contribution in [2.45, 2.75) is 0 Å². The first kappa shape index (κ1) is 9.54. The van der Waals surface area contributed by atoms with Gasteiger partial charge in [-0.05, 0) is 40.2 Å². The van der Waals surface area contributed by atoms with Crippen LogP contribution in [0.2, 0.25) is 0 Å². The number of nitrogens with zero attached hydrogens (tertiary/aromatic N) is 3. The molecule has 16 heavy (non-hydrogen) atoms. The van der Waals surface area contributed by atoms with E-state index in [4.69, 9.17) is 0 Å². The van der Waals surface area contributed by atoms with E-state index < -0.39 is 0 Å². The average Bonchev–Trinajstić information content (AvgIpc) is 2.73. The minimum atomic E-state index is 0.940. The van der Waals surface area contributed by atoms with Crippen molar-refractivity contribution >= 4 is 21.6 Å². The Morgan fingerprint density at radius 2 is 1.88 bits per heavy atom. The molecule has 0 aromatic carbocycles. The first-order valence-electron chi connectivity index (χ1n) is 4.87. The molecule has 0 spiro atoms. The summed E-state index contributed by atoms with van der Waals surface area (Å²) < 4.78 is 3.09. The summed E-state index contributed by atoms with van der Waals surface area (Å²) >= 11 is 3.46. The zero-order chi connectivity index (χ0) is 11.0. The summed E-state index contributed by atoms with van der Waals surface area (Å²) in [6.07, 6.45) is 7.45. The molecule has 0 bridgehead atoms. The fourth-order valence-electron chi connectivity index (χ4n) is 1.69. The van der Waals surface area contributed by atoms with Crippen LogP contribution in [0.15, 0.2) is 53.5 Å². The van der Waals surface area contributed by atoms with Crippen molar-refractivity contribution in [2.24, 2.45) is 0 Å². The van der Waals surface area contributed by atoms with Gasteiger partial charge < -0.3 is 0 Å². The molecule has 0 atom stereocenters. The third-order valence-corrected chi connectivity index (χ3v) is 2.91. The maximum atomic E-state index is 4.36. The molecule has 3 nitrogen and oxygen atoms in total. The zero-order valence-corrected chi connectivity index (χ0v) is 9.92. The first-order valence-corrected chi connectivity index (χ1v) is 5.67.